The molecule has 120 valence electrons. The average molecular weight is 341 g/mol. The summed E-state index contributed by atoms with van der Waals surface area (Å²) in [5, 5.41) is 21.0. The Kier molecular flexibility index (Phi) is 8.08. The Balaban J connectivity index is 3.01. The third-order valence-electron chi connectivity index (χ3n) is 2.58. The highest BCUT2D eigenvalue weighted by atomic mass is 32.2. The number of thioether (sulfide) groups is 2. The first-order chi connectivity index (χ1) is 10.5. The van der Waals surface area contributed by atoms with Gasteiger partial charge in [-0.25, -0.2) is 4.79 Å². The van der Waals surface area contributed by atoms with Gasteiger partial charge in [-0.3, -0.25) is 4.79 Å². The molecule has 0 atom stereocenters. The summed E-state index contributed by atoms with van der Waals surface area (Å²) in [6.45, 7) is 3.64. The van der Waals surface area contributed by atoms with Crippen LogP contribution in [0.5, 0.6) is 0 Å². The van der Waals surface area contributed by atoms with Crippen molar-refractivity contribution in [3.05, 3.63) is 39.6 Å². The lowest BCUT2D eigenvalue weighted by molar-refractivity contribution is -0.132. The number of amides is 1. The molecule has 1 aromatic carbocycles. The van der Waals surface area contributed by atoms with Crippen LogP contribution in [-0.4, -0.2) is 33.6 Å². The maximum absolute atomic E-state index is 12.4. The van der Waals surface area contributed by atoms with Gasteiger partial charge in [0.1, 0.15) is 4.91 Å². The Morgan fingerprint density at radius 3 is 2.05 bits per heavy atom. The van der Waals surface area contributed by atoms with Gasteiger partial charge in [-0.1, -0.05) is 26.0 Å². The Labute approximate surface area is 138 Å². The Morgan fingerprint density at radius 1 is 1.05 bits per heavy atom. The lowest BCUT2D eigenvalue weighted by Crippen LogP contribution is -2.16. The van der Waals surface area contributed by atoms with Crippen LogP contribution < -0.4 is 5.32 Å². The van der Waals surface area contributed by atoms with Crippen LogP contribution in [0.2, 0.25) is 0 Å². The molecule has 5 nitrogen and oxygen atoms in total. The summed E-state index contributed by atoms with van der Waals surface area (Å²) in [5.41, 5.74) is 1.30. The third kappa shape index (κ3) is 5.40. The van der Waals surface area contributed by atoms with Gasteiger partial charge in [0.05, 0.1) is 11.5 Å². The van der Waals surface area contributed by atoms with E-state index in [0.29, 0.717) is 17.2 Å². The quantitative estimate of drug-likeness (QED) is 0.630. The summed E-state index contributed by atoms with van der Waals surface area (Å²) in [4.78, 5) is 24.0. The van der Waals surface area contributed by atoms with Gasteiger partial charge in [0.15, 0.2) is 0 Å². The zero-order valence-corrected chi connectivity index (χ0v) is 14.1. The highest BCUT2D eigenvalue weighted by Crippen LogP contribution is 2.29. The summed E-state index contributed by atoms with van der Waals surface area (Å²) in [6, 6.07) is 6.74. The molecule has 1 amide bonds. The van der Waals surface area contributed by atoms with E-state index < -0.39 is 11.9 Å². The zero-order chi connectivity index (χ0) is 16.5. The number of carboxylic acid groups (broad SMARTS) is 1. The fraction of sp³-hybridized carbons (Fsp3) is 0.333. The molecule has 0 heterocycles. The largest absolute Gasteiger partial charge is 0.477 e. The molecule has 0 radical (unpaired) electrons. The van der Waals surface area contributed by atoms with Crippen LogP contribution in [0.1, 0.15) is 19.4 Å². The Hall–Kier alpha value is -1.44. The Morgan fingerprint density at radius 2 is 1.59 bits per heavy atom. The number of anilines is 1. The number of hydrogen-bond acceptors (Lipinski definition) is 5. The summed E-state index contributed by atoms with van der Waals surface area (Å²) < 4.78 is 0. The van der Waals surface area contributed by atoms with Crippen molar-refractivity contribution < 1.29 is 19.8 Å². The van der Waals surface area contributed by atoms with Crippen molar-refractivity contribution in [1.82, 2.24) is 0 Å². The maximum atomic E-state index is 12.4. The van der Waals surface area contributed by atoms with Gasteiger partial charge < -0.3 is 15.5 Å². The van der Waals surface area contributed by atoms with Crippen molar-refractivity contribution in [2.24, 2.45) is 0 Å². The molecule has 22 heavy (non-hydrogen) atoms. The molecule has 3 N–H and O–H groups in total. The molecule has 0 aromatic heterocycles. The number of rotatable bonds is 8. The monoisotopic (exact) mass is 341 g/mol. The van der Waals surface area contributed by atoms with Crippen LogP contribution in [-0.2, 0) is 16.2 Å². The molecule has 0 aliphatic rings. The molecule has 0 saturated carbocycles. The maximum Gasteiger partial charge on any atom is 0.343 e. The van der Waals surface area contributed by atoms with Crippen LogP contribution in [0.4, 0.5) is 5.69 Å². The van der Waals surface area contributed by atoms with Crippen LogP contribution in [0.25, 0.3) is 0 Å². The van der Waals surface area contributed by atoms with Gasteiger partial charge in [-0.2, -0.15) is 0 Å². The van der Waals surface area contributed by atoms with Crippen LogP contribution in [0.3, 0.4) is 0 Å². The van der Waals surface area contributed by atoms with E-state index in [4.69, 9.17) is 5.11 Å². The first-order valence-electron chi connectivity index (χ1n) is 6.77. The minimum Gasteiger partial charge on any atom is -0.477 e. The smallest absolute Gasteiger partial charge is 0.343 e. The number of aliphatic carboxylic acids is 1. The van der Waals surface area contributed by atoms with Gasteiger partial charge in [-0.15, -0.1) is 23.5 Å². The predicted molar refractivity (Wildman–Crippen MR) is 91.9 cm³/mol. The van der Waals surface area contributed by atoms with Gasteiger partial charge in [0.25, 0.3) is 5.91 Å². The fourth-order valence-corrected chi connectivity index (χ4v) is 3.31. The number of nitrogens with one attached hydrogen (secondary N) is 1. The summed E-state index contributed by atoms with van der Waals surface area (Å²) >= 11 is 2.36. The molecule has 0 saturated heterocycles. The molecule has 0 aliphatic heterocycles. The van der Waals surface area contributed by atoms with Crippen molar-refractivity contribution in [2.75, 3.05) is 16.8 Å². The van der Waals surface area contributed by atoms with E-state index in [2.05, 4.69) is 5.32 Å². The van der Waals surface area contributed by atoms with Gasteiger partial charge in [0, 0.05) is 5.69 Å². The normalized spacial score (nSPS) is 11.8. The summed E-state index contributed by atoms with van der Waals surface area (Å²) in [5.74, 6) is -0.336. The van der Waals surface area contributed by atoms with Crippen molar-refractivity contribution >= 4 is 41.1 Å². The number of benzene rings is 1. The SMILES string of the molecule is CCS/C(C(=O)O)=C(\SCC)C(=O)Nc1ccc(CO)cc1. The molecule has 1 aromatic rings. The topological polar surface area (TPSA) is 86.6 Å². The third-order valence-corrected chi connectivity index (χ3v) is 4.63. The standard InChI is InChI=1S/C15H19NO4S2/c1-3-21-12(13(15(19)20)22-4-2)14(18)16-11-7-5-10(9-17)6-8-11/h5-8,17H,3-4,9H2,1-2H3,(H,16,18)(H,19,20)/b13-12-. The zero-order valence-electron chi connectivity index (χ0n) is 12.5. The molecular weight excluding hydrogens is 322 g/mol. The number of aliphatic hydroxyl groups excluding tert-OH is 1. The van der Waals surface area contributed by atoms with E-state index in [9.17, 15) is 14.7 Å². The average Bonchev–Trinajstić information content (AvgIpc) is 2.51. The number of carbonyl (C=O) groups excluding carboxylic acids is 1. The van der Waals surface area contributed by atoms with Gasteiger partial charge in [0.2, 0.25) is 0 Å². The molecule has 0 fully saturated rings. The number of aliphatic hydroxyl groups is 1. The molecule has 7 heteroatoms. The molecule has 0 unspecified atom stereocenters. The van der Waals surface area contributed by atoms with Crippen LogP contribution in [0, 0.1) is 0 Å². The Bertz CT molecular complexity index is 555. The van der Waals surface area contributed by atoms with E-state index >= 15 is 0 Å². The van der Waals surface area contributed by atoms with Crippen molar-refractivity contribution in [3.8, 4) is 0 Å². The predicted octanol–water partition coefficient (Wildman–Crippen LogP) is 2.92. The number of carbonyl (C=O) groups is 2. The second-order valence-corrected chi connectivity index (χ2v) is 6.69. The highest BCUT2D eigenvalue weighted by Gasteiger charge is 2.21. The molecule has 0 aliphatic carbocycles. The van der Waals surface area contributed by atoms with E-state index in [0.717, 1.165) is 17.3 Å². The van der Waals surface area contributed by atoms with E-state index in [1.807, 2.05) is 13.8 Å². The lowest BCUT2D eigenvalue weighted by Gasteiger charge is -2.11. The van der Waals surface area contributed by atoms with E-state index in [1.165, 1.54) is 11.8 Å². The van der Waals surface area contributed by atoms with Crippen molar-refractivity contribution in [1.29, 1.82) is 0 Å². The second kappa shape index (κ2) is 9.55. The van der Waals surface area contributed by atoms with E-state index in [1.54, 1.807) is 24.3 Å². The molecule has 0 spiro atoms. The minimum absolute atomic E-state index is 0.0681. The minimum atomic E-state index is -1.09. The molecule has 1 rings (SSSR count). The second-order valence-electron chi connectivity index (χ2n) is 4.14. The van der Waals surface area contributed by atoms with Crippen LogP contribution >= 0.6 is 23.5 Å². The number of carboxylic acids is 1. The van der Waals surface area contributed by atoms with Crippen molar-refractivity contribution in [3.63, 3.8) is 0 Å². The van der Waals surface area contributed by atoms with Gasteiger partial charge in [-0.05, 0) is 29.2 Å². The summed E-state index contributed by atoms with van der Waals surface area (Å²) in [6.07, 6.45) is 0. The van der Waals surface area contributed by atoms with E-state index in [-0.39, 0.29) is 16.4 Å². The van der Waals surface area contributed by atoms with Crippen LogP contribution in [0.15, 0.2) is 34.1 Å². The number of hydrogen-bond donors (Lipinski definition) is 3. The molecular formula is C15H19NO4S2. The lowest BCUT2D eigenvalue weighted by atomic mass is 10.2. The fourth-order valence-electron chi connectivity index (χ4n) is 1.63. The first-order valence-corrected chi connectivity index (χ1v) is 8.74. The first kappa shape index (κ1) is 18.6. The van der Waals surface area contributed by atoms with Gasteiger partial charge >= 0.3 is 5.97 Å². The highest BCUT2D eigenvalue weighted by molar-refractivity contribution is 8.07. The summed E-state index contributed by atoms with van der Waals surface area (Å²) in [7, 11) is 0. The van der Waals surface area contributed by atoms with Crippen molar-refractivity contribution in [2.45, 2.75) is 20.5 Å². The molecule has 0 bridgehead atoms.